The van der Waals surface area contributed by atoms with Crippen LogP contribution in [0.4, 0.5) is 0 Å². The number of thioether (sulfide) groups is 1. The molecule has 92 valence electrons. The zero-order valence-corrected chi connectivity index (χ0v) is 11.4. The Balaban J connectivity index is 2.39. The van der Waals surface area contributed by atoms with E-state index in [9.17, 15) is 0 Å². The monoisotopic (exact) mass is 256 g/mol. The van der Waals surface area contributed by atoms with Gasteiger partial charge in [-0.15, -0.1) is 11.8 Å². The highest BCUT2D eigenvalue weighted by molar-refractivity contribution is 8.01. The van der Waals surface area contributed by atoms with Crippen LogP contribution in [0.25, 0.3) is 5.57 Å². The molecule has 0 aliphatic heterocycles. The van der Waals surface area contributed by atoms with Gasteiger partial charge < -0.3 is 4.74 Å². The summed E-state index contributed by atoms with van der Waals surface area (Å²) in [5.74, 6) is 0.885. The molecule has 0 bridgehead atoms. The van der Waals surface area contributed by atoms with Crippen LogP contribution in [0, 0.1) is 0 Å². The van der Waals surface area contributed by atoms with Crippen molar-refractivity contribution in [2.75, 3.05) is 13.4 Å². The molecule has 0 unspecified atom stereocenters. The molecule has 0 aromatic heterocycles. The highest BCUT2D eigenvalue weighted by Crippen LogP contribution is 2.27. The first-order chi connectivity index (χ1) is 8.85. The van der Waals surface area contributed by atoms with Crippen molar-refractivity contribution in [3.63, 3.8) is 0 Å². The fourth-order valence-electron chi connectivity index (χ4n) is 1.81. The fourth-order valence-corrected chi connectivity index (χ4v) is 2.32. The molecular formula is C16H16OS. The quantitative estimate of drug-likeness (QED) is 0.799. The molecule has 0 atom stereocenters. The minimum atomic E-state index is 0.885. The number of ether oxygens (including phenoxy) is 1. The van der Waals surface area contributed by atoms with Gasteiger partial charge in [0.2, 0.25) is 0 Å². The minimum Gasteiger partial charge on any atom is -0.497 e. The van der Waals surface area contributed by atoms with E-state index < -0.39 is 0 Å². The van der Waals surface area contributed by atoms with Crippen molar-refractivity contribution in [1.82, 2.24) is 0 Å². The van der Waals surface area contributed by atoms with E-state index in [1.54, 1.807) is 18.9 Å². The van der Waals surface area contributed by atoms with Crippen LogP contribution in [0.1, 0.15) is 11.1 Å². The Morgan fingerprint density at radius 3 is 2.11 bits per heavy atom. The lowest BCUT2D eigenvalue weighted by molar-refractivity contribution is 0.415. The van der Waals surface area contributed by atoms with Crippen LogP contribution in [-0.2, 0) is 0 Å². The second-order valence-corrected chi connectivity index (χ2v) is 4.57. The molecule has 0 saturated heterocycles. The molecule has 0 aliphatic carbocycles. The van der Waals surface area contributed by atoms with Crippen molar-refractivity contribution in [2.45, 2.75) is 0 Å². The van der Waals surface area contributed by atoms with E-state index in [1.807, 2.05) is 18.2 Å². The van der Waals surface area contributed by atoms with Gasteiger partial charge in [0.1, 0.15) is 5.75 Å². The number of benzene rings is 2. The Kier molecular flexibility index (Phi) is 4.48. The number of rotatable bonds is 4. The van der Waals surface area contributed by atoms with Gasteiger partial charge in [-0.05, 0) is 40.5 Å². The Hall–Kier alpha value is -1.67. The van der Waals surface area contributed by atoms with Crippen molar-refractivity contribution >= 4 is 17.3 Å². The van der Waals surface area contributed by atoms with Crippen LogP contribution in [0.15, 0.2) is 60.0 Å². The van der Waals surface area contributed by atoms with Gasteiger partial charge in [-0.2, -0.15) is 0 Å². The molecule has 0 amide bonds. The lowest BCUT2D eigenvalue weighted by atomic mass is 10.00. The van der Waals surface area contributed by atoms with Crippen LogP contribution in [0.3, 0.4) is 0 Å². The normalized spacial score (nSPS) is 11.3. The Morgan fingerprint density at radius 2 is 1.56 bits per heavy atom. The van der Waals surface area contributed by atoms with Crippen molar-refractivity contribution < 1.29 is 4.74 Å². The zero-order valence-electron chi connectivity index (χ0n) is 10.6. The lowest BCUT2D eigenvalue weighted by Crippen LogP contribution is -1.88. The van der Waals surface area contributed by atoms with E-state index in [2.05, 4.69) is 48.1 Å². The first-order valence-corrected chi connectivity index (χ1v) is 7.06. The molecule has 2 aromatic carbocycles. The maximum Gasteiger partial charge on any atom is 0.118 e. The van der Waals surface area contributed by atoms with Gasteiger partial charge in [0.25, 0.3) is 0 Å². The molecule has 1 nitrogen and oxygen atoms in total. The highest BCUT2D eigenvalue weighted by Gasteiger charge is 2.04. The van der Waals surface area contributed by atoms with Gasteiger partial charge in [0, 0.05) is 0 Å². The Morgan fingerprint density at radius 1 is 0.944 bits per heavy atom. The molecule has 2 aromatic rings. The topological polar surface area (TPSA) is 9.23 Å². The molecule has 0 saturated carbocycles. The maximum absolute atomic E-state index is 5.19. The molecular weight excluding hydrogens is 240 g/mol. The summed E-state index contributed by atoms with van der Waals surface area (Å²) >= 11 is 1.72. The van der Waals surface area contributed by atoms with Crippen LogP contribution >= 0.6 is 11.8 Å². The average molecular weight is 256 g/mol. The largest absolute Gasteiger partial charge is 0.497 e. The van der Waals surface area contributed by atoms with E-state index in [0.29, 0.717) is 0 Å². The Labute approximate surface area is 112 Å². The fraction of sp³-hybridized carbons (Fsp3) is 0.125. The second kappa shape index (κ2) is 6.31. The van der Waals surface area contributed by atoms with Crippen LogP contribution in [0.2, 0.25) is 0 Å². The van der Waals surface area contributed by atoms with E-state index >= 15 is 0 Å². The Bertz CT molecular complexity index is 515. The second-order valence-electron chi connectivity index (χ2n) is 3.86. The smallest absolute Gasteiger partial charge is 0.118 e. The first kappa shape index (κ1) is 12.8. The summed E-state index contributed by atoms with van der Waals surface area (Å²) in [4.78, 5) is 0. The van der Waals surface area contributed by atoms with E-state index in [-0.39, 0.29) is 0 Å². The number of hydrogen-bond donors (Lipinski definition) is 0. The third-order valence-corrected chi connectivity index (χ3v) is 3.19. The predicted molar refractivity (Wildman–Crippen MR) is 80.0 cm³/mol. The molecule has 2 rings (SSSR count). The SMILES string of the molecule is COc1ccc(/C(=C\SC)c2ccccc2)cc1. The van der Waals surface area contributed by atoms with E-state index in [4.69, 9.17) is 4.74 Å². The van der Waals surface area contributed by atoms with Gasteiger partial charge in [-0.3, -0.25) is 0 Å². The molecule has 0 radical (unpaired) electrons. The summed E-state index contributed by atoms with van der Waals surface area (Å²) in [6.07, 6.45) is 2.08. The maximum atomic E-state index is 5.19. The first-order valence-electron chi connectivity index (χ1n) is 5.78. The molecule has 0 spiro atoms. The molecule has 0 N–H and O–H groups in total. The highest BCUT2D eigenvalue weighted by atomic mass is 32.2. The number of methoxy groups -OCH3 is 1. The van der Waals surface area contributed by atoms with Crippen molar-refractivity contribution in [3.05, 3.63) is 71.1 Å². The third kappa shape index (κ3) is 2.96. The van der Waals surface area contributed by atoms with E-state index in [0.717, 1.165) is 5.75 Å². The van der Waals surface area contributed by atoms with E-state index in [1.165, 1.54) is 16.7 Å². The zero-order chi connectivity index (χ0) is 12.8. The minimum absolute atomic E-state index is 0.885. The van der Waals surface area contributed by atoms with Gasteiger partial charge in [0.05, 0.1) is 7.11 Å². The summed E-state index contributed by atoms with van der Waals surface area (Å²) in [6, 6.07) is 18.6. The van der Waals surface area contributed by atoms with Crippen molar-refractivity contribution in [1.29, 1.82) is 0 Å². The van der Waals surface area contributed by atoms with Crippen LogP contribution < -0.4 is 4.74 Å². The van der Waals surface area contributed by atoms with Crippen molar-refractivity contribution in [2.24, 2.45) is 0 Å². The molecule has 18 heavy (non-hydrogen) atoms. The summed E-state index contributed by atoms with van der Waals surface area (Å²) in [6.45, 7) is 0. The summed E-state index contributed by atoms with van der Waals surface area (Å²) in [5, 5.41) is 2.18. The summed E-state index contributed by atoms with van der Waals surface area (Å²) in [7, 11) is 1.69. The van der Waals surface area contributed by atoms with Crippen LogP contribution in [0.5, 0.6) is 5.75 Å². The predicted octanol–water partition coefficient (Wildman–Crippen LogP) is 4.45. The standard InChI is InChI=1S/C16H16OS/c1-17-15-10-8-14(9-11-15)16(12-18-2)13-6-4-3-5-7-13/h3-12H,1-2H3/b16-12-. The molecule has 2 heteroatoms. The molecule has 0 heterocycles. The van der Waals surface area contributed by atoms with Crippen LogP contribution in [-0.4, -0.2) is 13.4 Å². The third-order valence-electron chi connectivity index (χ3n) is 2.72. The molecule has 0 fully saturated rings. The van der Waals surface area contributed by atoms with Gasteiger partial charge in [-0.1, -0.05) is 42.5 Å². The summed E-state index contributed by atoms with van der Waals surface area (Å²) < 4.78 is 5.19. The average Bonchev–Trinajstić information content (AvgIpc) is 2.46. The van der Waals surface area contributed by atoms with Gasteiger partial charge >= 0.3 is 0 Å². The lowest BCUT2D eigenvalue weighted by Gasteiger charge is -2.09. The molecule has 0 aliphatic rings. The summed E-state index contributed by atoms with van der Waals surface area (Å²) in [5.41, 5.74) is 3.68. The van der Waals surface area contributed by atoms with Crippen molar-refractivity contribution in [3.8, 4) is 5.75 Å². The van der Waals surface area contributed by atoms with Gasteiger partial charge in [-0.25, -0.2) is 0 Å². The number of hydrogen-bond acceptors (Lipinski definition) is 2. The van der Waals surface area contributed by atoms with Gasteiger partial charge in [0.15, 0.2) is 0 Å².